The van der Waals surface area contributed by atoms with Crippen LogP contribution >= 0.6 is 0 Å². The Morgan fingerprint density at radius 3 is 2.24 bits per heavy atom. The zero-order valence-electron chi connectivity index (χ0n) is 11.8. The second kappa shape index (κ2) is 7.50. The Morgan fingerprint density at radius 2 is 1.65 bits per heavy atom. The molecule has 0 aliphatic rings. The Bertz CT molecular complexity index is 292. The Labute approximate surface area is 107 Å². The molecule has 1 unspecified atom stereocenters. The molecule has 0 saturated carbocycles. The van der Waals surface area contributed by atoms with Crippen LogP contribution in [0.1, 0.15) is 51.6 Å². The quantitative estimate of drug-likeness (QED) is 0.626. The molecule has 1 nitrogen and oxygen atoms in total. The first kappa shape index (κ1) is 14.2. The normalized spacial score (nSPS) is 13.3. The van der Waals surface area contributed by atoms with E-state index in [1.165, 1.54) is 31.4 Å². The minimum absolute atomic E-state index is 0.523. The minimum atomic E-state index is 0.523. The second-order valence-electron chi connectivity index (χ2n) is 5.46. The predicted molar refractivity (Wildman–Crippen MR) is 76.2 cm³/mol. The van der Waals surface area contributed by atoms with Gasteiger partial charge in [-0.15, -0.1) is 0 Å². The maximum atomic E-state index is 2.45. The Balaban J connectivity index is 2.30. The van der Waals surface area contributed by atoms with Gasteiger partial charge in [0.25, 0.3) is 0 Å². The van der Waals surface area contributed by atoms with E-state index in [0.29, 0.717) is 6.04 Å². The molecule has 0 aliphatic carbocycles. The molecule has 17 heavy (non-hydrogen) atoms. The van der Waals surface area contributed by atoms with Crippen LogP contribution in [0, 0.1) is 5.92 Å². The van der Waals surface area contributed by atoms with Crippen molar-refractivity contribution in [2.75, 3.05) is 13.6 Å². The molecule has 1 aromatic carbocycles. The fourth-order valence-corrected chi connectivity index (χ4v) is 2.09. The summed E-state index contributed by atoms with van der Waals surface area (Å²) in [5.74, 6) is 0.840. The lowest BCUT2D eigenvalue weighted by atomic mass is 10.0. The van der Waals surface area contributed by atoms with E-state index in [4.69, 9.17) is 0 Å². The van der Waals surface area contributed by atoms with E-state index in [2.05, 4.69) is 63.1 Å². The van der Waals surface area contributed by atoms with Gasteiger partial charge in [-0.2, -0.15) is 0 Å². The number of rotatable bonds is 7. The molecule has 0 N–H and O–H groups in total. The van der Waals surface area contributed by atoms with Crippen molar-refractivity contribution in [1.29, 1.82) is 0 Å². The highest BCUT2D eigenvalue weighted by molar-refractivity contribution is 5.18. The van der Waals surface area contributed by atoms with Crippen LogP contribution in [-0.2, 0) is 0 Å². The van der Waals surface area contributed by atoms with Crippen LogP contribution in [-0.4, -0.2) is 18.5 Å². The minimum Gasteiger partial charge on any atom is -0.300 e. The fourth-order valence-electron chi connectivity index (χ4n) is 2.09. The molecule has 0 bridgehead atoms. The van der Waals surface area contributed by atoms with Gasteiger partial charge in [0.2, 0.25) is 0 Å². The molecule has 0 aliphatic heterocycles. The lowest BCUT2D eigenvalue weighted by Gasteiger charge is -2.25. The average molecular weight is 233 g/mol. The topological polar surface area (TPSA) is 3.24 Å². The molecule has 1 heteroatoms. The molecule has 0 fully saturated rings. The van der Waals surface area contributed by atoms with Crippen LogP contribution in [0.25, 0.3) is 0 Å². The Hall–Kier alpha value is -0.820. The number of hydrogen-bond donors (Lipinski definition) is 0. The number of nitrogens with zero attached hydrogens (tertiary/aromatic N) is 1. The van der Waals surface area contributed by atoms with Crippen LogP contribution in [0.15, 0.2) is 30.3 Å². The van der Waals surface area contributed by atoms with Gasteiger partial charge >= 0.3 is 0 Å². The molecular weight excluding hydrogens is 206 g/mol. The van der Waals surface area contributed by atoms with E-state index < -0.39 is 0 Å². The van der Waals surface area contributed by atoms with Gasteiger partial charge in [-0.3, -0.25) is 4.90 Å². The third-order valence-corrected chi connectivity index (χ3v) is 3.49. The van der Waals surface area contributed by atoms with Crippen LogP contribution in [0.3, 0.4) is 0 Å². The van der Waals surface area contributed by atoms with Crippen molar-refractivity contribution in [2.45, 2.75) is 46.1 Å². The van der Waals surface area contributed by atoms with Crippen molar-refractivity contribution in [3.63, 3.8) is 0 Å². The van der Waals surface area contributed by atoms with Crippen molar-refractivity contribution in [2.24, 2.45) is 5.92 Å². The zero-order chi connectivity index (χ0) is 12.7. The standard InChI is InChI=1S/C16H27N/c1-14(2)10-8-9-13-17(4)15(3)16-11-6-5-7-12-16/h5-7,11-12,14-15H,8-10,13H2,1-4H3. The van der Waals surface area contributed by atoms with Crippen molar-refractivity contribution < 1.29 is 0 Å². The van der Waals surface area contributed by atoms with E-state index in [-0.39, 0.29) is 0 Å². The van der Waals surface area contributed by atoms with Crippen molar-refractivity contribution >= 4 is 0 Å². The average Bonchev–Trinajstić information content (AvgIpc) is 2.34. The molecule has 0 radical (unpaired) electrons. The van der Waals surface area contributed by atoms with Gasteiger partial charge in [0.05, 0.1) is 0 Å². The summed E-state index contributed by atoms with van der Waals surface area (Å²) in [4.78, 5) is 2.45. The molecule has 1 aromatic rings. The third kappa shape index (κ3) is 5.36. The first-order valence-corrected chi connectivity index (χ1v) is 6.86. The summed E-state index contributed by atoms with van der Waals surface area (Å²) < 4.78 is 0. The lowest BCUT2D eigenvalue weighted by molar-refractivity contribution is 0.254. The van der Waals surface area contributed by atoms with Crippen molar-refractivity contribution in [3.05, 3.63) is 35.9 Å². The van der Waals surface area contributed by atoms with Gasteiger partial charge in [0.15, 0.2) is 0 Å². The summed E-state index contributed by atoms with van der Waals surface area (Å²) in [6.07, 6.45) is 4.02. The summed E-state index contributed by atoms with van der Waals surface area (Å²) in [6, 6.07) is 11.3. The molecule has 0 saturated heterocycles. The first-order chi connectivity index (χ1) is 8.11. The summed E-state index contributed by atoms with van der Waals surface area (Å²) >= 11 is 0. The summed E-state index contributed by atoms with van der Waals surface area (Å²) in [5, 5.41) is 0. The van der Waals surface area contributed by atoms with Gasteiger partial charge in [-0.1, -0.05) is 57.0 Å². The van der Waals surface area contributed by atoms with E-state index in [1.54, 1.807) is 0 Å². The van der Waals surface area contributed by atoms with Crippen LogP contribution in [0.5, 0.6) is 0 Å². The highest BCUT2D eigenvalue weighted by Crippen LogP contribution is 2.18. The number of benzene rings is 1. The Kier molecular flexibility index (Phi) is 6.28. The molecule has 0 heterocycles. The molecule has 1 atom stereocenters. The largest absolute Gasteiger partial charge is 0.300 e. The molecule has 1 rings (SSSR count). The number of unbranched alkanes of at least 4 members (excludes halogenated alkanes) is 1. The van der Waals surface area contributed by atoms with Crippen LogP contribution in [0.2, 0.25) is 0 Å². The molecule has 0 spiro atoms. The van der Waals surface area contributed by atoms with Gasteiger partial charge in [-0.25, -0.2) is 0 Å². The molecular formula is C16H27N. The van der Waals surface area contributed by atoms with Crippen molar-refractivity contribution in [3.8, 4) is 0 Å². The maximum Gasteiger partial charge on any atom is 0.0316 e. The molecule has 0 amide bonds. The van der Waals surface area contributed by atoms with Gasteiger partial charge in [0, 0.05) is 6.04 Å². The van der Waals surface area contributed by atoms with E-state index in [0.717, 1.165) is 5.92 Å². The smallest absolute Gasteiger partial charge is 0.0316 e. The molecule has 0 aromatic heterocycles. The van der Waals surface area contributed by atoms with E-state index >= 15 is 0 Å². The molecule has 96 valence electrons. The number of hydrogen-bond acceptors (Lipinski definition) is 1. The lowest BCUT2D eigenvalue weighted by Crippen LogP contribution is -2.23. The van der Waals surface area contributed by atoms with Gasteiger partial charge in [0.1, 0.15) is 0 Å². The SMILES string of the molecule is CC(C)CCCCN(C)C(C)c1ccccc1. The monoisotopic (exact) mass is 233 g/mol. The maximum absolute atomic E-state index is 2.45. The van der Waals surface area contributed by atoms with E-state index in [9.17, 15) is 0 Å². The van der Waals surface area contributed by atoms with E-state index in [1.807, 2.05) is 0 Å². The van der Waals surface area contributed by atoms with Gasteiger partial charge < -0.3 is 0 Å². The summed E-state index contributed by atoms with van der Waals surface area (Å²) in [7, 11) is 2.23. The fraction of sp³-hybridized carbons (Fsp3) is 0.625. The van der Waals surface area contributed by atoms with Crippen molar-refractivity contribution in [1.82, 2.24) is 4.90 Å². The van der Waals surface area contributed by atoms with Crippen LogP contribution in [0.4, 0.5) is 0 Å². The Morgan fingerprint density at radius 1 is 1.00 bits per heavy atom. The highest BCUT2D eigenvalue weighted by atomic mass is 15.1. The first-order valence-electron chi connectivity index (χ1n) is 6.86. The van der Waals surface area contributed by atoms with Gasteiger partial charge in [-0.05, 0) is 38.4 Å². The second-order valence-corrected chi connectivity index (χ2v) is 5.46. The predicted octanol–water partition coefficient (Wildman–Crippen LogP) is 4.51. The third-order valence-electron chi connectivity index (χ3n) is 3.49. The van der Waals surface area contributed by atoms with Crippen LogP contribution < -0.4 is 0 Å². The summed E-state index contributed by atoms with van der Waals surface area (Å²) in [5.41, 5.74) is 1.42. The summed E-state index contributed by atoms with van der Waals surface area (Å²) in [6.45, 7) is 8.09. The zero-order valence-corrected chi connectivity index (χ0v) is 11.8. The highest BCUT2D eigenvalue weighted by Gasteiger charge is 2.10.